The Morgan fingerprint density at radius 3 is 3.00 bits per heavy atom. The highest BCUT2D eigenvalue weighted by Crippen LogP contribution is 2.20. The molecule has 0 aromatic carbocycles. The number of halogens is 2. The van der Waals surface area contributed by atoms with Crippen molar-refractivity contribution in [2.24, 2.45) is 17.9 Å². The van der Waals surface area contributed by atoms with E-state index in [0.29, 0.717) is 16.7 Å². The largest absolute Gasteiger partial charge is 0.409 e. The molecule has 0 unspecified atom stereocenters. The van der Waals surface area contributed by atoms with Crippen molar-refractivity contribution in [2.75, 3.05) is 11.9 Å². The summed E-state index contributed by atoms with van der Waals surface area (Å²) in [6.07, 6.45) is -1.05. The maximum absolute atomic E-state index is 12.2. The van der Waals surface area contributed by atoms with Crippen molar-refractivity contribution in [1.82, 2.24) is 14.5 Å². The molecule has 2 aromatic rings. The summed E-state index contributed by atoms with van der Waals surface area (Å²) in [6.45, 7) is -0.518. The second-order valence-electron chi connectivity index (χ2n) is 3.78. The first-order chi connectivity index (χ1) is 9.04. The van der Waals surface area contributed by atoms with Crippen LogP contribution in [0, 0.1) is 0 Å². The van der Waals surface area contributed by atoms with E-state index in [2.05, 4.69) is 20.4 Å². The number of aromatic nitrogens is 3. The first kappa shape index (κ1) is 13.0. The molecule has 9 heteroatoms. The number of anilines is 1. The molecule has 2 rings (SSSR count). The van der Waals surface area contributed by atoms with E-state index >= 15 is 0 Å². The highest BCUT2D eigenvalue weighted by atomic mass is 19.3. The number of aryl methyl sites for hydroxylation is 1. The van der Waals surface area contributed by atoms with Gasteiger partial charge in [-0.05, 0) is 6.07 Å². The molecule has 0 atom stereocenters. The van der Waals surface area contributed by atoms with Crippen molar-refractivity contribution in [3.05, 3.63) is 17.8 Å². The molecule has 19 heavy (non-hydrogen) atoms. The van der Waals surface area contributed by atoms with Crippen LogP contribution in [-0.2, 0) is 7.05 Å². The lowest BCUT2D eigenvalue weighted by Crippen LogP contribution is -2.16. The summed E-state index contributed by atoms with van der Waals surface area (Å²) in [5.74, 6) is 0.136. The van der Waals surface area contributed by atoms with Crippen LogP contribution in [0.15, 0.2) is 17.4 Å². The molecule has 0 saturated heterocycles. The molecule has 0 spiro atoms. The van der Waals surface area contributed by atoms with Crippen molar-refractivity contribution in [3.8, 4) is 0 Å². The van der Waals surface area contributed by atoms with Gasteiger partial charge in [0, 0.05) is 18.8 Å². The number of nitrogens with one attached hydrogen (secondary N) is 1. The van der Waals surface area contributed by atoms with Gasteiger partial charge < -0.3 is 20.8 Å². The number of oxime groups is 1. The number of alkyl halides is 2. The first-order valence-electron chi connectivity index (χ1n) is 5.36. The van der Waals surface area contributed by atoms with Crippen molar-refractivity contribution in [1.29, 1.82) is 0 Å². The number of fused-ring (bicyclic) bond motifs is 1. The molecule has 2 aromatic heterocycles. The Bertz CT molecular complexity index is 624. The van der Waals surface area contributed by atoms with Gasteiger partial charge in [-0.15, -0.1) is 0 Å². The molecule has 0 amide bonds. The third-order valence-corrected chi connectivity index (χ3v) is 2.57. The Kier molecular flexibility index (Phi) is 3.45. The Morgan fingerprint density at radius 2 is 2.37 bits per heavy atom. The number of nitrogens with two attached hydrogens (primary N) is 1. The summed E-state index contributed by atoms with van der Waals surface area (Å²) in [6, 6.07) is 1.55. The molecule has 4 N–H and O–H groups in total. The molecule has 0 aliphatic rings. The molecule has 2 heterocycles. The molecular weight excluding hydrogens is 258 g/mol. The third kappa shape index (κ3) is 2.39. The van der Waals surface area contributed by atoms with E-state index in [1.165, 1.54) is 10.8 Å². The van der Waals surface area contributed by atoms with Crippen LogP contribution in [0.5, 0.6) is 0 Å². The Morgan fingerprint density at radius 1 is 1.63 bits per heavy atom. The van der Waals surface area contributed by atoms with Crippen LogP contribution in [0.25, 0.3) is 11.2 Å². The molecule has 0 aliphatic carbocycles. The molecule has 0 bridgehead atoms. The number of rotatable bonds is 4. The topological polar surface area (TPSA) is 101 Å². The average Bonchev–Trinajstić information content (AvgIpc) is 2.72. The summed E-state index contributed by atoms with van der Waals surface area (Å²) in [7, 11) is 1.62. The van der Waals surface area contributed by atoms with Gasteiger partial charge in [-0.3, -0.25) is 0 Å². The van der Waals surface area contributed by atoms with Gasteiger partial charge >= 0.3 is 0 Å². The van der Waals surface area contributed by atoms with Crippen molar-refractivity contribution in [3.63, 3.8) is 0 Å². The van der Waals surface area contributed by atoms with Gasteiger partial charge in [-0.25, -0.2) is 13.8 Å². The number of pyridine rings is 1. The zero-order valence-corrected chi connectivity index (χ0v) is 10.0. The van der Waals surface area contributed by atoms with Crippen molar-refractivity contribution < 1.29 is 14.0 Å². The molecule has 102 valence electrons. The normalized spacial score (nSPS) is 12.3. The minimum absolute atomic E-state index is 0.101. The van der Waals surface area contributed by atoms with Gasteiger partial charge in [0.05, 0.1) is 12.1 Å². The lowest BCUT2D eigenvalue weighted by molar-refractivity contribution is 0.163. The lowest BCUT2D eigenvalue weighted by atomic mass is 10.2. The molecule has 0 saturated carbocycles. The van der Waals surface area contributed by atoms with Crippen LogP contribution in [-0.4, -0.2) is 38.5 Å². The Balaban J connectivity index is 2.51. The minimum atomic E-state index is -2.49. The third-order valence-electron chi connectivity index (χ3n) is 2.57. The van der Waals surface area contributed by atoms with Gasteiger partial charge in [0.2, 0.25) is 5.95 Å². The average molecular weight is 270 g/mol. The monoisotopic (exact) mass is 270 g/mol. The fourth-order valence-electron chi connectivity index (χ4n) is 1.72. The summed E-state index contributed by atoms with van der Waals surface area (Å²) >= 11 is 0. The number of imidazole rings is 1. The fraction of sp³-hybridized carbons (Fsp3) is 0.300. The van der Waals surface area contributed by atoms with Crippen LogP contribution in [0.3, 0.4) is 0 Å². The van der Waals surface area contributed by atoms with Crippen LogP contribution in [0.4, 0.5) is 14.7 Å². The van der Waals surface area contributed by atoms with Gasteiger partial charge in [-0.2, -0.15) is 4.98 Å². The van der Waals surface area contributed by atoms with Gasteiger partial charge in [0.25, 0.3) is 6.43 Å². The van der Waals surface area contributed by atoms with Gasteiger partial charge in [0.15, 0.2) is 11.5 Å². The van der Waals surface area contributed by atoms with E-state index in [9.17, 15) is 8.78 Å². The van der Waals surface area contributed by atoms with E-state index in [1.54, 1.807) is 13.1 Å². The van der Waals surface area contributed by atoms with Crippen LogP contribution < -0.4 is 11.1 Å². The number of hydrogen-bond donors (Lipinski definition) is 3. The standard InChI is InChI=1S/C10H12F2N6O/c1-18-7-5(8(13)17-19)2-3-14-9(7)16-10(18)15-4-6(11)12/h2-3,6,19H,4H2,1H3,(H2,13,17)(H,14,15,16). The highest BCUT2D eigenvalue weighted by Gasteiger charge is 2.15. The Labute approximate surface area is 106 Å². The molecular formula is C10H12F2N6O. The SMILES string of the molecule is Cn1c(NCC(F)F)nc2nccc(C(N)=NO)c21. The summed E-state index contributed by atoms with van der Waals surface area (Å²) in [5, 5.41) is 14.1. The molecule has 0 aliphatic heterocycles. The first-order valence-corrected chi connectivity index (χ1v) is 5.36. The van der Waals surface area contributed by atoms with Gasteiger partial charge in [0.1, 0.15) is 0 Å². The maximum atomic E-state index is 12.2. The van der Waals surface area contributed by atoms with Crippen molar-refractivity contribution >= 4 is 22.9 Å². The second-order valence-corrected chi connectivity index (χ2v) is 3.78. The highest BCUT2D eigenvalue weighted by molar-refractivity contribution is 6.06. The number of amidine groups is 1. The molecule has 0 radical (unpaired) electrons. The second kappa shape index (κ2) is 5.04. The van der Waals surface area contributed by atoms with E-state index in [4.69, 9.17) is 10.9 Å². The summed E-state index contributed by atoms with van der Waals surface area (Å²) < 4.78 is 25.9. The zero-order chi connectivity index (χ0) is 14.0. The molecule has 0 fully saturated rings. The van der Waals surface area contributed by atoms with Crippen LogP contribution in [0.1, 0.15) is 5.56 Å². The maximum Gasteiger partial charge on any atom is 0.255 e. The van der Waals surface area contributed by atoms with Crippen LogP contribution in [0.2, 0.25) is 0 Å². The van der Waals surface area contributed by atoms with E-state index in [-0.39, 0.29) is 11.8 Å². The van der Waals surface area contributed by atoms with E-state index in [0.717, 1.165) is 0 Å². The lowest BCUT2D eigenvalue weighted by Gasteiger charge is -2.06. The summed E-state index contributed by atoms with van der Waals surface area (Å²) in [5.41, 5.74) is 6.79. The smallest absolute Gasteiger partial charge is 0.255 e. The Hall–Kier alpha value is -2.45. The predicted molar refractivity (Wildman–Crippen MR) is 65.5 cm³/mol. The zero-order valence-electron chi connectivity index (χ0n) is 10.0. The minimum Gasteiger partial charge on any atom is -0.409 e. The molecule has 7 nitrogen and oxygen atoms in total. The predicted octanol–water partition coefficient (Wildman–Crippen LogP) is 0.740. The van der Waals surface area contributed by atoms with Gasteiger partial charge in [-0.1, -0.05) is 5.16 Å². The van der Waals surface area contributed by atoms with Crippen molar-refractivity contribution in [2.45, 2.75) is 6.43 Å². The van der Waals surface area contributed by atoms with E-state index < -0.39 is 13.0 Å². The fourth-order valence-corrected chi connectivity index (χ4v) is 1.72. The summed E-state index contributed by atoms with van der Waals surface area (Å²) in [4.78, 5) is 8.09. The van der Waals surface area contributed by atoms with Crippen LogP contribution >= 0.6 is 0 Å². The number of hydrogen-bond acceptors (Lipinski definition) is 5. The van der Waals surface area contributed by atoms with E-state index in [1.807, 2.05) is 0 Å². The number of nitrogens with zero attached hydrogens (tertiary/aromatic N) is 4. The quantitative estimate of drug-likeness (QED) is 0.329.